The van der Waals surface area contributed by atoms with Gasteiger partial charge in [0.2, 0.25) is 0 Å². The minimum absolute atomic E-state index is 0.0445. The van der Waals surface area contributed by atoms with Crippen molar-refractivity contribution >= 4 is 56.6 Å². The Balaban J connectivity index is 2.16. The Kier molecular flexibility index (Phi) is 6.56. The first-order valence-corrected chi connectivity index (χ1v) is 10.4. The van der Waals surface area contributed by atoms with E-state index in [1.54, 1.807) is 0 Å². The monoisotopic (exact) mass is 403 g/mol. The van der Waals surface area contributed by atoms with Gasteiger partial charge in [-0.25, -0.2) is 0 Å². The minimum atomic E-state index is -0.101. The third-order valence-corrected chi connectivity index (χ3v) is 5.47. The molecule has 1 aromatic heterocycles. The van der Waals surface area contributed by atoms with E-state index in [-0.39, 0.29) is 23.3 Å². The molecular formula is C22H23Cl2NO2. The third-order valence-electron chi connectivity index (χ3n) is 4.99. The fourth-order valence-corrected chi connectivity index (χ4v) is 3.85. The first-order chi connectivity index (χ1) is 13.1. The number of hydrogen-bond acceptors (Lipinski definition) is 2. The number of aromatic nitrogens is 1. The van der Waals surface area contributed by atoms with Crippen LogP contribution in [0.15, 0.2) is 36.4 Å². The number of carbonyl (C=O) groups is 2. The number of rotatable bonds is 9. The van der Waals surface area contributed by atoms with Gasteiger partial charge >= 0.3 is 0 Å². The summed E-state index contributed by atoms with van der Waals surface area (Å²) in [6.07, 6.45) is 4.70. The molecule has 142 valence electrons. The van der Waals surface area contributed by atoms with Gasteiger partial charge in [-0.3, -0.25) is 9.59 Å². The molecule has 0 N–H and O–H groups in total. The highest BCUT2D eigenvalue weighted by Gasteiger charge is 2.15. The van der Waals surface area contributed by atoms with Crippen molar-refractivity contribution in [1.82, 2.24) is 4.57 Å². The average Bonchev–Trinajstić information content (AvgIpc) is 3.02. The SMILES string of the molecule is CCCCCCn1c2ccc(C(=O)CCl)cc2c2cc(C(=O)CCl)ccc21. The molecular weight excluding hydrogens is 381 g/mol. The van der Waals surface area contributed by atoms with Crippen LogP contribution in [0.25, 0.3) is 21.8 Å². The van der Waals surface area contributed by atoms with Gasteiger partial charge in [-0.2, -0.15) is 0 Å². The van der Waals surface area contributed by atoms with Gasteiger partial charge < -0.3 is 4.57 Å². The molecule has 0 bridgehead atoms. The lowest BCUT2D eigenvalue weighted by atomic mass is 10.0. The van der Waals surface area contributed by atoms with Gasteiger partial charge in [0.15, 0.2) is 11.6 Å². The Morgan fingerprint density at radius 1 is 0.815 bits per heavy atom. The molecule has 0 fully saturated rings. The van der Waals surface area contributed by atoms with Crippen LogP contribution >= 0.6 is 23.2 Å². The maximum absolute atomic E-state index is 12.1. The smallest absolute Gasteiger partial charge is 0.177 e. The molecule has 0 saturated heterocycles. The number of nitrogens with zero attached hydrogens (tertiary/aromatic N) is 1. The molecule has 0 unspecified atom stereocenters. The van der Waals surface area contributed by atoms with E-state index >= 15 is 0 Å². The summed E-state index contributed by atoms with van der Waals surface area (Å²) in [4.78, 5) is 24.1. The quantitative estimate of drug-likeness (QED) is 0.241. The highest BCUT2D eigenvalue weighted by atomic mass is 35.5. The standard InChI is InChI=1S/C22H23Cl2NO2/c1-2-3-4-5-10-25-19-8-6-15(21(26)13-23)11-17(19)18-12-16(22(27)14-24)7-9-20(18)25/h6-9,11-12H,2-5,10,13-14H2,1H3. The number of fused-ring (bicyclic) bond motifs is 3. The highest BCUT2D eigenvalue weighted by Crippen LogP contribution is 2.31. The van der Waals surface area contributed by atoms with Crippen LogP contribution < -0.4 is 0 Å². The minimum Gasteiger partial charge on any atom is -0.340 e. The summed E-state index contributed by atoms with van der Waals surface area (Å²) in [5.41, 5.74) is 3.33. The lowest BCUT2D eigenvalue weighted by Crippen LogP contribution is -2.01. The molecule has 3 aromatic rings. The lowest BCUT2D eigenvalue weighted by molar-refractivity contribution is 0.101. The van der Waals surface area contributed by atoms with Crippen LogP contribution in [0.2, 0.25) is 0 Å². The van der Waals surface area contributed by atoms with E-state index in [2.05, 4.69) is 11.5 Å². The van der Waals surface area contributed by atoms with Crippen molar-refractivity contribution in [1.29, 1.82) is 0 Å². The number of benzene rings is 2. The molecule has 0 aliphatic rings. The second kappa shape index (κ2) is 8.90. The predicted octanol–water partition coefficient (Wildman–Crippen LogP) is 6.22. The summed E-state index contributed by atoms with van der Waals surface area (Å²) in [6, 6.07) is 11.4. The van der Waals surface area contributed by atoms with Crippen LogP contribution in [0.3, 0.4) is 0 Å². The van der Waals surface area contributed by atoms with Gasteiger partial charge in [0.1, 0.15) is 0 Å². The van der Waals surface area contributed by atoms with Crippen molar-refractivity contribution in [2.45, 2.75) is 39.2 Å². The fraction of sp³-hybridized carbons (Fsp3) is 0.364. The summed E-state index contributed by atoms with van der Waals surface area (Å²) in [5.74, 6) is -0.292. The second-order valence-corrected chi connectivity index (χ2v) is 7.32. The average molecular weight is 404 g/mol. The van der Waals surface area contributed by atoms with Crippen molar-refractivity contribution in [3.8, 4) is 0 Å². The van der Waals surface area contributed by atoms with Crippen molar-refractivity contribution in [2.75, 3.05) is 11.8 Å². The van der Waals surface area contributed by atoms with Gasteiger partial charge in [-0.1, -0.05) is 26.2 Å². The van der Waals surface area contributed by atoms with Crippen LogP contribution in [0.4, 0.5) is 0 Å². The Hall–Kier alpha value is -1.84. The predicted molar refractivity (Wildman–Crippen MR) is 114 cm³/mol. The van der Waals surface area contributed by atoms with Crippen LogP contribution in [-0.2, 0) is 6.54 Å². The van der Waals surface area contributed by atoms with Crippen molar-refractivity contribution in [2.24, 2.45) is 0 Å². The van der Waals surface area contributed by atoms with E-state index in [1.165, 1.54) is 19.3 Å². The molecule has 0 aliphatic heterocycles. The van der Waals surface area contributed by atoms with Gasteiger partial charge in [0.05, 0.1) is 11.8 Å². The molecule has 3 nitrogen and oxygen atoms in total. The maximum Gasteiger partial charge on any atom is 0.177 e. The topological polar surface area (TPSA) is 39.1 Å². The Labute approximate surface area is 169 Å². The van der Waals surface area contributed by atoms with Crippen LogP contribution in [0.1, 0.15) is 53.3 Å². The lowest BCUT2D eigenvalue weighted by Gasteiger charge is -2.08. The van der Waals surface area contributed by atoms with Crippen molar-refractivity contribution in [3.05, 3.63) is 47.5 Å². The number of aryl methyl sites for hydroxylation is 1. The molecule has 1 heterocycles. The fourth-order valence-electron chi connectivity index (χ4n) is 3.54. The summed E-state index contributed by atoms with van der Waals surface area (Å²) < 4.78 is 2.28. The first-order valence-electron chi connectivity index (χ1n) is 9.35. The van der Waals surface area contributed by atoms with Crippen LogP contribution in [0, 0.1) is 0 Å². The van der Waals surface area contributed by atoms with Gasteiger partial charge in [-0.15, -0.1) is 23.2 Å². The number of carbonyl (C=O) groups excluding carboxylic acids is 2. The highest BCUT2D eigenvalue weighted by molar-refractivity contribution is 6.31. The zero-order valence-electron chi connectivity index (χ0n) is 15.4. The maximum atomic E-state index is 12.1. The molecule has 0 radical (unpaired) electrons. The van der Waals surface area contributed by atoms with E-state index in [1.807, 2.05) is 36.4 Å². The zero-order valence-corrected chi connectivity index (χ0v) is 16.9. The van der Waals surface area contributed by atoms with E-state index in [4.69, 9.17) is 23.2 Å². The van der Waals surface area contributed by atoms with Crippen LogP contribution in [0.5, 0.6) is 0 Å². The molecule has 0 atom stereocenters. The van der Waals surface area contributed by atoms with Crippen molar-refractivity contribution in [3.63, 3.8) is 0 Å². The molecule has 0 spiro atoms. The number of unbranched alkanes of at least 4 members (excludes halogenated alkanes) is 3. The number of alkyl halides is 2. The molecule has 5 heteroatoms. The molecule has 0 saturated carbocycles. The van der Waals surface area contributed by atoms with Crippen molar-refractivity contribution < 1.29 is 9.59 Å². The summed E-state index contributed by atoms with van der Waals surface area (Å²) in [6.45, 7) is 3.11. The first kappa shape index (κ1) is 19.9. The Bertz CT molecular complexity index is 918. The van der Waals surface area contributed by atoms with Crippen LogP contribution in [-0.4, -0.2) is 27.9 Å². The molecule has 0 aliphatic carbocycles. The van der Waals surface area contributed by atoms with Gasteiger partial charge in [0, 0.05) is 39.5 Å². The largest absolute Gasteiger partial charge is 0.340 e. The number of halogens is 2. The third kappa shape index (κ3) is 4.04. The molecule has 27 heavy (non-hydrogen) atoms. The van der Waals surface area contributed by atoms with Gasteiger partial charge in [0.25, 0.3) is 0 Å². The number of ketones is 2. The summed E-state index contributed by atoms with van der Waals surface area (Å²) in [7, 11) is 0. The molecule has 3 rings (SSSR count). The van der Waals surface area contributed by atoms with E-state index in [9.17, 15) is 9.59 Å². The number of hydrogen-bond donors (Lipinski definition) is 0. The van der Waals surface area contributed by atoms with E-state index < -0.39 is 0 Å². The van der Waals surface area contributed by atoms with E-state index in [0.29, 0.717) is 11.1 Å². The van der Waals surface area contributed by atoms with Gasteiger partial charge in [-0.05, 0) is 42.8 Å². The Morgan fingerprint density at radius 3 is 1.78 bits per heavy atom. The second-order valence-electron chi connectivity index (χ2n) is 6.79. The summed E-state index contributed by atoms with van der Waals surface area (Å²) in [5, 5.41) is 1.95. The summed E-state index contributed by atoms with van der Waals surface area (Å²) >= 11 is 11.5. The Morgan fingerprint density at radius 2 is 1.33 bits per heavy atom. The number of Topliss-reactive ketones (excluding diaryl/α,β-unsaturated/α-hetero) is 2. The van der Waals surface area contributed by atoms with E-state index in [0.717, 1.165) is 34.8 Å². The molecule has 0 amide bonds. The molecule has 2 aromatic carbocycles. The zero-order chi connectivity index (χ0) is 19.4. The normalized spacial score (nSPS) is 11.4.